The van der Waals surface area contributed by atoms with Gasteiger partial charge in [-0.2, -0.15) is 0 Å². The van der Waals surface area contributed by atoms with Crippen LogP contribution in [0, 0.1) is 0 Å². The Balaban J connectivity index is 3.45. The predicted molar refractivity (Wildman–Crippen MR) is 43.7 cm³/mol. The van der Waals surface area contributed by atoms with Crippen molar-refractivity contribution in [2.45, 2.75) is 0 Å². The monoisotopic (exact) mass is 210 g/mol. The second kappa shape index (κ2) is 3.87. The molecule has 0 saturated carbocycles. The molecular weight excluding hydrogens is 204 g/mol. The van der Waals surface area contributed by atoms with E-state index in [0.29, 0.717) is 0 Å². The highest BCUT2D eigenvalue weighted by Gasteiger charge is 2.10. The molecule has 0 bridgehead atoms. The topological polar surface area (TPSA) is 110 Å². The van der Waals surface area contributed by atoms with Gasteiger partial charge in [0.2, 0.25) is 0 Å². The molecule has 1 aromatic rings. The van der Waals surface area contributed by atoms with Crippen LogP contribution in [0.3, 0.4) is 0 Å². The molecule has 0 aliphatic rings. The van der Waals surface area contributed by atoms with E-state index in [1.165, 1.54) is 0 Å². The Morgan fingerprint density at radius 2 is 2.00 bits per heavy atom. The summed E-state index contributed by atoms with van der Waals surface area (Å²) >= 11 is 0. The third-order valence-electron chi connectivity index (χ3n) is 1.74. The number of ether oxygens (including phenoxy) is 1. The Bertz CT molecular complexity index is 423. The average Bonchev–Trinajstić information content (AvgIpc) is 2.17. The van der Waals surface area contributed by atoms with Crippen molar-refractivity contribution in [3.05, 3.63) is 23.3 Å². The first-order valence-corrected chi connectivity index (χ1v) is 3.81. The van der Waals surface area contributed by atoms with Gasteiger partial charge in [-0.15, -0.1) is 0 Å². The van der Waals surface area contributed by atoms with E-state index in [1.54, 1.807) is 0 Å². The van der Waals surface area contributed by atoms with E-state index in [0.717, 1.165) is 19.2 Å². The third kappa shape index (κ3) is 1.98. The van der Waals surface area contributed by atoms with Gasteiger partial charge in [-0.25, -0.2) is 4.79 Å². The number of aromatic carboxylic acids is 2. The lowest BCUT2D eigenvalue weighted by Gasteiger charge is -2.17. The van der Waals surface area contributed by atoms with Crippen molar-refractivity contribution in [2.24, 2.45) is 0 Å². The number of rotatable bonds is 3. The standard InChI is InChI=1S/C9H8O6/c1-15-6-3-4(8(11)12)2-5(7(6)10)9(13)14/h2-3,10H,1H3,(H,11,12)(H,13,14)/p-2. The Morgan fingerprint density at radius 1 is 1.40 bits per heavy atom. The number of methoxy groups -OCH3 is 1. The summed E-state index contributed by atoms with van der Waals surface area (Å²) in [5.74, 6) is -4.29. The van der Waals surface area contributed by atoms with Gasteiger partial charge >= 0.3 is 5.97 Å². The summed E-state index contributed by atoms with van der Waals surface area (Å²) in [6.45, 7) is 0. The van der Waals surface area contributed by atoms with Gasteiger partial charge in [0.05, 0.1) is 18.6 Å². The molecule has 0 atom stereocenters. The van der Waals surface area contributed by atoms with Crippen molar-refractivity contribution in [1.82, 2.24) is 0 Å². The van der Waals surface area contributed by atoms with E-state index < -0.39 is 28.8 Å². The van der Waals surface area contributed by atoms with Crippen LogP contribution in [-0.4, -0.2) is 24.2 Å². The summed E-state index contributed by atoms with van der Waals surface area (Å²) in [6.07, 6.45) is 0. The SMILES string of the molecule is COc1cc(C(=O)[O-])cc(C(=O)O)c1[O-]. The number of carbonyl (C=O) groups is 2. The summed E-state index contributed by atoms with van der Waals surface area (Å²) in [5, 5.41) is 30.4. The van der Waals surface area contributed by atoms with Crippen LogP contribution in [-0.2, 0) is 0 Å². The van der Waals surface area contributed by atoms with Crippen molar-refractivity contribution in [2.75, 3.05) is 7.11 Å². The summed E-state index contributed by atoms with van der Waals surface area (Å²) in [5.41, 5.74) is -1.07. The smallest absolute Gasteiger partial charge is 0.335 e. The summed E-state index contributed by atoms with van der Waals surface area (Å²) < 4.78 is 4.56. The van der Waals surface area contributed by atoms with Crippen molar-refractivity contribution in [3.8, 4) is 11.5 Å². The fourth-order valence-electron chi connectivity index (χ4n) is 1.03. The Kier molecular flexibility index (Phi) is 2.80. The van der Waals surface area contributed by atoms with Gasteiger partial charge in [-0.1, -0.05) is 5.75 Å². The first kappa shape index (κ1) is 10.8. The molecular formula is C9H6O6-2. The van der Waals surface area contributed by atoms with Crippen LogP contribution in [0.15, 0.2) is 12.1 Å². The fraction of sp³-hybridized carbons (Fsp3) is 0.111. The number of hydrogen-bond acceptors (Lipinski definition) is 5. The van der Waals surface area contributed by atoms with E-state index in [4.69, 9.17) is 5.11 Å². The van der Waals surface area contributed by atoms with Crippen LogP contribution in [0.5, 0.6) is 11.5 Å². The normalized spacial score (nSPS) is 9.67. The van der Waals surface area contributed by atoms with Gasteiger partial charge in [0.1, 0.15) is 5.75 Å². The molecule has 15 heavy (non-hydrogen) atoms. The highest BCUT2D eigenvalue weighted by atomic mass is 16.5. The van der Waals surface area contributed by atoms with Crippen LogP contribution in [0.25, 0.3) is 0 Å². The number of carboxylic acids is 2. The van der Waals surface area contributed by atoms with Crippen molar-refractivity contribution in [3.63, 3.8) is 0 Å². The molecule has 0 unspecified atom stereocenters. The van der Waals surface area contributed by atoms with Crippen molar-refractivity contribution in [1.29, 1.82) is 0 Å². The zero-order valence-electron chi connectivity index (χ0n) is 7.64. The molecule has 0 radical (unpaired) electrons. The zero-order chi connectivity index (χ0) is 11.6. The molecule has 0 heterocycles. The van der Waals surface area contributed by atoms with Crippen molar-refractivity contribution >= 4 is 11.9 Å². The first-order chi connectivity index (χ1) is 6.97. The maximum absolute atomic E-state index is 11.3. The van der Waals surface area contributed by atoms with Gasteiger partial charge < -0.3 is 24.9 Å². The Labute approximate surface area is 84.3 Å². The maximum atomic E-state index is 11.3. The Hall–Kier alpha value is -2.24. The molecule has 0 aromatic heterocycles. The van der Waals surface area contributed by atoms with E-state index in [1.807, 2.05) is 0 Å². The number of benzene rings is 1. The fourth-order valence-corrected chi connectivity index (χ4v) is 1.03. The second-order valence-electron chi connectivity index (χ2n) is 2.65. The van der Waals surface area contributed by atoms with Gasteiger partial charge in [-0.3, -0.25) is 0 Å². The summed E-state index contributed by atoms with van der Waals surface area (Å²) in [4.78, 5) is 21.1. The molecule has 6 heteroatoms. The minimum absolute atomic E-state index is 0.339. The minimum Gasteiger partial charge on any atom is -0.869 e. The summed E-state index contributed by atoms with van der Waals surface area (Å²) in [7, 11) is 1.14. The third-order valence-corrected chi connectivity index (χ3v) is 1.74. The average molecular weight is 210 g/mol. The van der Waals surface area contributed by atoms with E-state index >= 15 is 0 Å². The predicted octanol–water partition coefficient (Wildman–Crippen LogP) is -1.17. The molecule has 0 amide bonds. The molecule has 0 saturated heterocycles. The zero-order valence-corrected chi connectivity index (χ0v) is 7.64. The highest BCUT2D eigenvalue weighted by Crippen LogP contribution is 2.28. The van der Waals surface area contributed by atoms with Crippen LogP contribution in [0.4, 0.5) is 0 Å². The van der Waals surface area contributed by atoms with E-state index in [-0.39, 0.29) is 5.75 Å². The van der Waals surface area contributed by atoms with Crippen LogP contribution >= 0.6 is 0 Å². The largest absolute Gasteiger partial charge is 0.869 e. The minimum atomic E-state index is -1.57. The van der Waals surface area contributed by atoms with E-state index in [9.17, 15) is 19.8 Å². The number of carbonyl (C=O) groups excluding carboxylic acids is 1. The number of hydrogen-bond donors (Lipinski definition) is 1. The molecule has 80 valence electrons. The van der Waals surface area contributed by atoms with Crippen LogP contribution in [0.2, 0.25) is 0 Å². The first-order valence-electron chi connectivity index (χ1n) is 3.81. The molecule has 6 nitrogen and oxygen atoms in total. The molecule has 0 aliphatic carbocycles. The highest BCUT2D eigenvalue weighted by molar-refractivity contribution is 5.96. The lowest BCUT2D eigenvalue weighted by atomic mass is 10.1. The summed E-state index contributed by atoms with van der Waals surface area (Å²) in [6, 6.07) is 1.66. The van der Waals surface area contributed by atoms with Crippen LogP contribution < -0.4 is 14.9 Å². The quantitative estimate of drug-likeness (QED) is 0.673. The lowest BCUT2D eigenvalue weighted by molar-refractivity contribution is -0.270. The van der Waals surface area contributed by atoms with Gasteiger partial charge in [0.15, 0.2) is 0 Å². The molecule has 0 fully saturated rings. The van der Waals surface area contributed by atoms with Crippen LogP contribution in [0.1, 0.15) is 20.7 Å². The molecule has 1 aromatic carbocycles. The van der Waals surface area contributed by atoms with Gasteiger partial charge in [0, 0.05) is 5.56 Å². The molecule has 1 rings (SSSR count). The van der Waals surface area contributed by atoms with Gasteiger partial charge in [-0.05, 0) is 12.1 Å². The van der Waals surface area contributed by atoms with Gasteiger partial charge in [0.25, 0.3) is 0 Å². The van der Waals surface area contributed by atoms with Crippen molar-refractivity contribution < 1.29 is 29.6 Å². The lowest BCUT2D eigenvalue weighted by Crippen LogP contribution is -2.23. The maximum Gasteiger partial charge on any atom is 0.335 e. The number of carboxylic acid groups (broad SMARTS) is 2. The second-order valence-corrected chi connectivity index (χ2v) is 2.65. The Morgan fingerprint density at radius 3 is 2.40 bits per heavy atom. The molecule has 0 aliphatic heterocycles. The molecule has 0 spiro atoms. The molecule has 1 N–H and O–H groups in total. The van der Waals surface area contributed by atoms with E-state index in [2.05, 4.69) is 4.74 Å².